The zero-order valence-corrected chi connectivity index (χ0v) is 15.2. The molecule has 0 radical (unpaired) electrons. The van der Waals surface area contributed by atoms with Gasteiger partial charge in [-0.05, 0) is 72.3 Å². The molecule has 0 bridgehead atoms. The molecule has 0 saturated carbocycles. The highest BCUT2D eigenvalue weighted by Crippen LogP contribution is 2.60. The highest BCUT2D eigenvalue weighted by atomic mass is 35.6. The zero-order chi connectivity index (χ0) is 15.1. The molecule has 1 heterocycles. The quantitative estimate of drug-likeness (QED) is 0.463. The molecule has 21 heavy (non-hydrogen) atoms. The summed E-state index contributed by atoms with van der Waals surface area (Å²) in [6.45, 7) is 11.5. The first-order valence-electron chi connectivity index (χ1n) is 7.79. The van der Waals surface area contributed by atoms with E-state index in [0.29, 0.717) is 5.92 Å². The number of hydrogen-bond acceptors (Lipinski definition) is 0. The first-order chi connectivity index (χ1) is 9.85. The molecular weight excluding hydrogens is 292 g/mol. The fourth-order valence-electron chi connectivity index (χ4n) is 4.31. The van der Waals surface area contributed by atoms with Crippen LogP contribution in [0.3, 0.4) is 0 Å². The van der Waals surface area contributed by atoms with Crippen LogP contribution >= 0.6 is 11.1 Å². The Morgan fingerprint density at radius 2 is 1.86 bits per heavy atom. The van der Waals surface area contributed by atoms with Gasteiger partial charge >= 0.3 is 0 Å². The van der Waals surface area contributed by atoms with E-state index in [-0.39, 0.29) is 0 Å². The van der Waals surface area contributed by atoms with Crippen molar-refractivity contribution in [3.05, 3.63) is 56.8 Å². The predicted octanol–water partition coefficient (Wildman–Crippen LogP) is 5.66. The van der Waals surface area contributed by atoms with E-state index < -0.39 is 7.38 Å². The summed E-state index contributed by atoms with van der Waals surface area (Å²) in [6, 6.07) is 6.83. The second-order valence-electron chi connectivity index (χ2n) is 6.94. The van der Waals surface area contributed by atoms with Crippen molar-refractivity contribution in [3.63, 3.8) is 0 Å². The van der Waals surface area contributed by atoms with E-state index in [2.05, 4.69) is 52.4 Å². The summed E-state index contributed by atoms with van der Waals surface area (Å²) in [5.41, 5.74) is 10.5. The first kappa shape index (κ1) is 13.6. The maximum atomic E-state index is 6.78. The number of fused-ring (bicyclic) bond motifs is 2. The Morgan fingerprint density at radius 1 is 1.14 bits per heavy atom. The van der Waals surface area contributed by atoms with Crippen LogP contribution in [0.5, 0.6) is 0 Å². The molecule has 0 aromatic heterocycles. The van der Waals surface area contributed by atoms with E-state index >= 15 is 0 Å². The SMILES string of the molecule is CC1=C(C)C(C)C(c2cccc3c2C2=C(C3)[Si]2(C)Cl)=C1C. The lowest BCUT2D eigenvalue weighted by atomic mass is 9.88. The van der Waals surface area contributed by atoms with Gasteiger partial charge in [-0.2, -0.15) is 11.1 Å². The molecule has 3 aliphatic rings. The van der Waals surface area contributed by atoms with Gasteiger partial charge in [-0.15, -0.1) is 0 Å². The van der Waals surface area contributed by atoms with Crippen LogP contribution in [0.4, 0.5) is 0 Å². The summed E-state index contributed by atoms with van der Waals surface area (Å²) in [5, 5.41) is 3.13. The van der Waals surface area contributed by atoms with Crippen LogP contribution in [0, 0.1) is 5.92 Å². The predicted molar refractivity (Wildman–Crippen MR) is 94.7 cm³/mol. The number of benzene rings is 1. The maximum absolute atomic E-state index is 6.78. The number of rotatable bonds is 1. The second kappa shape index (κ2) is 4.02. The minimum atomic E-state index is -1.65. The van der Waals surface area contributed by atoms with Gasteiger partial charge in [-0.25, -0.2) is 0 Å². The van der Waals surface area contributed by atoms with E-state index in [4.69, 9.17) is 11.1 Å². The standard InChI is InChI=1S/C19H21ClSi/c1-10-11(2)13(4)17(12(10)3)15-8-6-7-14-9-16-19(18(14)15)21(16,5)20/h6-8,12H,9H2,1-5H3. The van der Waals surface area contributed by atoms with Crippen molar-refractivity contribution in [1.29, 1.82) is 0 Å². The maximum Gasteiger partial charge on any atom is 0.210 e. The van der Waals surface area contributed by atoms with Crippen molar-refractivity contribution in [1.82, 2.24) is 0 Å². The normalized spacial score (nSPS) is 30.3. The van der Waals surface area contributed by atoms with Crippen molar-refractivity contribution < 1.29 is 0 Å². The number of hydrogen-bond donors (Lipinski definition) is 0. The second-order valence-corrected chi connectivity index (χ2v) is 12.3. The van der Waals surface area contributed by atoms with Crippen molar-refractivity contribution in [2.75, 3.05) is 0 Å². The van der Waals surface area contributed by atoms with Gasteiger partial charge in [0, 0.05) is 5.92 Å². The molecule has 1 aromatic rings. The van der Waals surface area contributed by atoms with Crippen LogP contribution in [-0.4, -0.2) is 7.38 Å². The lowest BCUT2D eigenvalue weighted by molar-refractivity contribution is 0.894. The molecule has 1 aliphatic heterocycles. The number of allylic oxidation sites excluding steroid dienone is 5. The minimum absolute atomic E-state index is 0.531. The third-order valence-electron chi connectivity index (χ3n) is 5.97. The summed E-state index contributed by atoms with van der Waals surface area (Å²) < 4.78 is 0. The monoisotopic (exact) mass is 312 g/mol. The van der Waals surface area contributed by atoms with E-state index in [1.54, 1.807) is 10.4 Å². The summed E-state index contributed by atoms with van der Waals surface area (Å²) >= 11 is 6.78. The molecule has 4 rings (SSSR count). The molecule has 2 aliphatic carbocycles. The Hall–Kier alpha value is -1.05. The average molecular weight is 313 g/mol. The minimum Gasteiger partial charge on any atom is -0.155 e. The van der Waals surface area contributed by atoms with Crippen LogP contribution in [-0.2, 0) is 6.42 Å². The van der Waals surface area contributed by atoms with Crippen LogP contribution in [0.25, 0.3) is 10.8 Å². The molecule has 108 valence electrons. The molecule has 0 N–H and O–H groups in total. The Labute approximate surface area is 132 Å². The third kappa shape index (κ3) is 1.57. The highest BCUT2D eigenvalue weighted by molar-refractivity contribution is 7.41. The van der Waals surface area contributed by atoms with Crippen LogP contribution in [0.1, 0.15) is 44.4 Å². The van der Waals surface area contributed by atoms with Gasteiger partial charge in [-0.3, -0.25) is 0 Å². The summed E-state index contributed by atoms with van der Waals surface area (Å²) in [7, 11) is -1.65. The van der Waals surface area contributed by atoms with E-state index in [1.807, 2.05) is 0 Å². The van der Waals surface area contributed by atoms with E-state index in [9.17, 15) is 0 Å². The van der Waals surface area contributed by atoms with Gasteiger partial charge in [0.1, 0.15) is 0 Å². The Morgan fingerprint density at radius 3 is 2.48 bits per heavy atom. The molecule has 0 nitrogen and oxygen atoms in total. The highest BCUT2D eigenvalue weighted by Gasteiger charge is 2.55. The fraction of sp³-hybridized carbons (Fsp3) is 0.368. The lowest BCUT2D eigenvalue weighted by Crippen LogP contribution is -2.14. The van der Waals surface area contributed by atoms with Gasteiger partial charge in [0.05, 0.1) is 0 Å². The molecule has 1 aromatic carbocycles. The number of halogens is 1. The van der Waals surface area contributed by atoms with Gasteiger partial charge in [0.25, 0.3) is 0 Å². The van der Waals surface area contributed by atoms with Crippen LogP contribution < -0.4 is 0 Å². The van der Waals surface area contributed by atoms with E-state index in [1.165, 1.54) is 39.0 Å². The summed E-state index contributed by atoms with van der Waals surface area (Å²) in [4.78, 5) is 0. The van der Waals surface area contributed by atoms with Crippen molar-refractivity contribution in [3.8, 4) is 0 Å². The molecule has 2 atom stereocenters. The molecule has 0 amide bonds. The van der Waals surface area contributed by atoms with Crippen LogP contribution in [0.2, 0.25) is 6.55 Å². The largest absolute Gasteiger partial charge is 0.210 e. The Balaban J connectivity index is 1.91. The van der Waals surface area contributed by atoms with Gasteiger partial charge in [-0.1, -0.05) is 35.9 Å². The Kier molecular flexibility index (Phi) is 2.61. The molecule has 2 heteroatoms. The summed E-state index contributed by atoms with van der Waals surface area (Å²) in [5.74, 6) is 0.531. The molecule has 0 saturated heterocycles. The smallest absolute Gasteiger partial charge is 0.155 e. The van der Waals surface area contributed by atoms with Gasteiger partial charge < -0.3 is 0 Å². The molecule has 2 unspecified atom stereocenters. The lowest BCUT2D eigenvalue weighted by Gasteiger charge is -2.20. The average Bonchev–Trinajstić information content (AvgIpc) is 2.76. The molecule has 0 fully saturated rings. The van der Waals surface area contributed by atoms with Crippen molar-refractivity contribution in [2.24, 2.45) is 5.92 Å². The molecule has 0 spiro atoms. The first-order valence-corrected chi connectivity index (χ1v) is 11.3. The topological polar surface area (TPSA) is 0 Å². The third-order valence-corrected chi connectivity index (χ3v) is 10.0. The molecular formula is C19H21ClSi. The van der Waals surface area contributed by atoms with Gasteiger partial charge in [0.15, 0.2) is 0 Å². The van der Waals surface area contributed by atoms with Crippen molar-refractivity contribution >= 4 is 29.2 Å². The summed E-state index contributed by atoms with van der Waals surface area (Å²) in [6.07, 6.45) is 1.11. The van der Waals surface area contributed by atoms with Gasteiger partial charge in [0.2, 0.25) is 7.38 Å². The van der Waals surface area contributed by atoms with Crippen molar-refractivity contribution in [2.45, 2.75) is 40.7 Å². The van der Waals surface area contributed by atoms with Crippen LogP contribution in [0.15, 0.2) is 40.1 Å². The fourth-order valence-corrected chi connectivity index (χ4v) is 8.41. The van der Waals surface area contributed by atoms with E-state index in [0.717, 1.165) is 6.42 Å². The zero-order valence-electron chi connectivity index (χ0n) is 13.4. The Bertz CT molecular complexity index is 790.